The average molecular weight is 795 g/mol. The van der Waals surface area contributed by atoms with Crippen molar-refractivity contribution in [3.63, 3.8) is 0 Å². The lowest BCUT2D eigenvalue weighted by Gasteiger charge is -2.37. The van der Waals surface area contributed by atoms with Gasteiger partial charge >= 0.3 is 5.63 Å². The second-order valence-corrected chi connectivity index (χ2v) is 14.8. The quantitative estimate of drug-likeness (QED) is 0.0740. The van der Waals surface area contributed by atoms with Crippen molar-refractivity contribution in [2.45, 2.75) is 46.0 Å². The Hall–Kier alpha value is -5.43. The van der Waals surface area contributed by atoms with Gasteiger partial charge in [-0.05, 0) is 111 Å². The number of methoxy groups -OCH3 is 1. The van der Waals surface area contributed by atoms with Gasteiger partial charge in [-0.1, -0.05) is 11.6 Å². The highest BCUT2D eigenvalue weighted by Gasteiger charge is 2.27. The largest absolute Gasteiger partial charge is 0.497 e. The lowest BCUT2D eigenvalue weighted by Crippen LogP contribution is -2.34. The third-order valence-electron chi connectivity index (χ3n) is 10.6. The highest BCUT2D eigenvalue weighted by molar-refractivity contribution is 6.30. The molecule has 2 aliphatic heterocycles. The number of hydrogen-bond donors (Lipinski definition) is 2. The minimum atomic E-state index is -0.454. The molecule has 0 unspecified atom stereocenters. The van der Waals surface area contributed by atoms with Crippen LogP contribution < -0.4 is 25.9 Å². The molecule has 0 bridgehead atoms. The minimum absolute atomic E-state index is 0.0664. The summed E-state index contributed by atoms with van der Waals surface area (Å²) < 4.78 is 24.1. The zero-order valence-electron chi connectivity index (χ0n) is 32.5. The van der Waals surface area contributed by atoms with Gasteiger partial charge in [-0.2, -0.15) is 0 Å². The summed E-state index contributed by atoms with van der Waals surface area (Å²) in [5.41, 5.74) is 7.18. The maximum atomic E-state index is 13.5. The van der Waals surface area contributed by atoms with Gasteiger partial charge in [0.25, 0.3) is 5.91 Å². The van der Waals surface area contributed by atoms with E-state index in [1.165, 1.54) is 11.3 Å². The predicted octanol–water partition coefficient (Wildman–Crippen LogP) is 6.02. The van der Waals surface area contributed by atoms with Gasteiger partial charge in [0, 0.05) is 70.1 Å². The Balaban J connectivity index is 0.831. The number of aryl methyl sites for hydroxylation is 2. The van der Waals surface area contributed by atoms with Crippen molar-refractivity contribution in [2.24, 2.45) is 0 Å². The summed E-state index contributed by atoms with van der Waals surface area (Å²) in [6.45, 7) is 7.33. The molecule has 298 valence electrons. The molecule has 3 aromatic carbocycles. The number of rotatable bonds is 15. The van der Waals surface area contributed by atoms with Gasteiger partial charge in [0.1, 0.15) is 11.3 Å². The number of ether oxygens (including phenoxy) is 3. The molecule has 7 rings (SSSR count). The van der Waals surface area contributed by atoms with Crippen LogP contribution in [0, 0.1) is 6.92 Å². The monoisotopic (exact) mass is 794 g/mol. The fraction of sp³-hybridized carbons (Fsp3) is 0.364. The molecule has 0 atom stereocenters. The molecule has 0 fully saturated rings. The summed E-state index contributed by atoms with van der Waals surface area (Å²) in [5, 5.41) is 7.90. The maximum absolute atomic E-state index is 13.5. The Morgan fingerprint density at radius 1 is 0.912 bits per heavy atom. The number of carbonyl (C=O) groups is 3. The van der Waals surface area contributed by atoms with E-state index < -0.39 is 5.63 Å². The van der Waals surface area contributed by atoms with Crippen molar-refractivity contribution in [2.75, 3.05) is 64.6 Å². The number of amides is 2. The van der Waals surface area contributed by atoms with E-state index in [0.29, 0.717) is 64.0 Å². The summed E-state index contributed by atoms with van der Waals surface area (Å²) >= 11 is 6.04. The van der Waals surface area contributed by atoms with Gasteiger partial charge in [-0.15, -0.1) is 0 Å². The van der Waals surface area contributed by atoms with Crippen molar-refractivity contribution in [3.05, 3.63) is 109 Å². The van der Waals surface area contributed by atoms with Crippen LogP contribution in [0.2, 0.25) is 5.02 Å². The van der Waals surface area contributed by atoms with E-state index in [4.69, 9.17) is 30.2 Å². The van der Waals surface area contributed by atoms with Crippen LogP contribution in [0.25, 0.3) is 27.9 Å². The lowest BCUT2D eigenvalue weighted by molar-refractivity contribution is -0.120. The zero-order valence-corrected chi connectivity index (χ0v) is 33.3. The van der Waals surface area contributed by atoms with Crippen LogP contribution in [0.5, 0.6) is 5.75 Å². The second-order valence-electron chi connectivity index (χ2n) is 14.4. The first-order valence-corrected chi connectivity index (χ1v) is 19.7. The van der Waals surface area contributed by atoms with E-state index in [1.807, 2.05) is 25.1 Å². The van der Waals surface area contributed by atoms with Crippen molar-refractivity contribution in [3.8, 4) is 5.75 Å². The van der Waals surface area contributed by atoms with Gasteiger partial charge in [0.05, 0.1) is 51.0 Å². The zero-order chi connectivity index (χ0) is 40.1. The van der Waals surface area contributed by atoms with Gasteiger partial charge < -0.3 is 34.2 Å². The molecular formula is C44H47ClN4O8. The van der Waals surface area contributed by atoms with Crippen molar-refractivity contribution < 1.29 is 33.0 Å². The topological polar surface area (TPSA) is 141 Å². The molecule has 2 amide bonds. The van der Waals surface area contributed by atoms with Gasteiger partial charge in [0.15, 0.2) is 0 Å². The first-order chi connectivity index (χ1) is 27.6. The molecule has 13 heteroatoms. The number of fused-ring (bicyclic) bond motifs is 3. The fourth-order valence-corrected chi connectivity index (χ4v) is 7.97. The van der Waals surface area contributed by atoms with Crippen LogP contribution in [0.4, 0.5) is 5.69 Å². The number of nitrogens with zero attached hydrogens (tertiary/aromatic N) is 2. The normalized spacial score (nSPS) is 13.8. The number of carbonyl (C=O) groups excluding carboxylic acids is 3. The SMILES string of the molecule is COc1ccc2c(c1)c(CC(=O)NCCOCCOCCNC(=O)/C(C)=C/c1cc3cc4c5c(c3oc1=O)CCCN5CCC4)c(C)n2C(=O)c1ccc(Cl)cc1. The van der Waals surface area contributed by atoms with E-state index in [2.05, 4.69) is 21.6 Å². The van der Waals surface area contributed by atoms with Gasteiger partial charge in [-0.25, -0.2) is 4.79 Å². The van der Waals surface area contributed by atoms with Crippen LogP contribution in [-0.4, -0.2) is 82.0 Å². The number of halogens is 1. The van der Waals surface area contributed by atoms with Crippen molar-refractivity contribution in [1.82, 2.24) is 15.2 Å². The molecule has 4 heterocycles. The van der Waals surface area contributed by atoms with E-state index in [9.17, 15) is 19.2 Å². The van der Waals surface area contributed by atoms with Crippen LogP contribution in [0.3, 0.4) is 0 Å². The number of nitrogens with one attached hydrogen (secondary N) is 2. The molecule has 12 nitrogen and oxygen atoms in total. The third kappa shape index (κ3) is 8.78. The van der Waals surface area contributed by atoms with Gasteiger partial charge in [-0.3, -0.25) is 19.0 Å². The Morgan fingerprint density at radius 2 is 1.63 bits per heavy atom. The standard InChI is InChI=1S/C44H47ClN4O8/c1-27(22-32-24-31-23-30-6-4-16-48-17-5-7-35(40(30)48)41(31)57-44(32)53)42(51)47-15-19-56-21-20-55-18-14-46-39(50)26-36-28(2)49(38-13-12-34(54-3)25-37(36)38)43(52)29-8-10-33(45)11-9-29/h8-13,22-25H,4-7,14-21,26H2,1-3H3,(H,46,50)(H,47,51)/b27-22+. The Kier molecular flexibility index (Phi) is 12.4. The summed E-state index contributed by atoms with van der Waals surface area (Å²) in [6, 6.07) is 16.1. The molecule has 0 saturated heterocycles. The minimum Gasteiger partial charge on any atom is -0.497 e. The molecule has 2 N–H and O–H groups in total. The first kappa shape index (κ1) is 39.8. The highest BCUT2D eigenvalue weighted by atomic mass is 35.5. The van der Waals surface area contributed by atoms with Crippen LogP contribution in [0.1, 0.15) is 58.1 Å². The maximum Gasteiger partial charge on any atom is 0.343 e. The summed E-state index contributed by atoms with van der Waals surface area (Å²) in [6.07, 6.45) is 5.70. The Labute approximate surface area is 335 Å². The molecule has 0 saturated carbocycles. The number of hydrogen-bond acceptors (Lipinski definition) is 9. The van der Waals surface area contributed by atoms with Crippen LogP contribution >= 0.6 is 11.6 Å². The smallest absolute Gasteiger partial charge is 0.343 e. The van der Waals surface area contributed by atoms with Crippen LogP contribution in [-0.2, 0) is 38.3 Å². The first-order valence-electron chi connectivity index (χ1n) is 19.4. The van der Waals surface area contributed by atoms with E-state index in [1.54, 1.807) is 55.0 Å². The second kappa shape index (κ2) is 17.8. The van der Waals surface area contributed by atoms with Crippen molar-refractivity contribution >= 4 is 63.0 Å². The van der Waals surface area contributed by atoms with Gasteiger partial charge in [0.2, 0.25) is 11.8 Å². The summed E-state index contributed by atoms with van der Waals surface area (Å²) in [5.74, 6) is -0.106. The average Bonchev–Trinajstić information content (AvgIpc) is 3.48. The lowest BCUT2D eigenvalue weighted by atomic mass is 9.90. The molecular weight excluding hydrogens is 748 g/mol. The van der Waals surface area contributed by atoms with E-state index >= 15 is 0 Å². The number of benzene rings is 3. The Bertz CT molecular complexity index is 2410. The summed E-state index contributed by atoms with van der Waals surface area (Å²) in [4.78, 5) is 54.8. The molecule has 0 radical (unpaired) electrons. The Morgan fingerprint density at radius 3 is 2.37 bits per heavy atom. The third-order valence-corrected chi connectivity index (χ3v) is 10.9. The molecule has 2 aromatic heterocycles. The molecule has 0 spiro atoms. The fourth-order valence-electron chi connectivity index (χ4n) is 7.84. The summed E-state index contributed by atoms with van der Waals surface area (Å²) in [7, 11) is 1.57. The van der Waals surface area contributed by atoms with Crippen molar-refractivity contribution in [1.29, 1.82) is 0 Å². The van der Waals surface area contributed by atoms with E-state index in [-0.39, 0.29) is 43.9 Å². The molecule has 57 heavy (non-hydrogen) atoms. The molecule has 0 aliphatic carbocycles. The van der Waals surface area contributed by atoms with E-state index in [0.717, 1.165) is 60.7 Å². The molecule has 2 aliphatic rings. The molecule has 5 aromatic rings. The predicted molar refractivity (Wildman–Crippen MR) is 221 cm³/mol. The van der Waals surface area contributed by atoms with Crippen LogP contribution in [0.15, 0.2) is 69.4 Å². The number of anilines is 1. The highest BCUT2D eigenvalue weighted by Crippen LogP contribution is 2.40. The number of aromatic nitrogens is 1.